The van der Waals surface area contributed by atoms with Gasteiger partial charge in [-0.15, -0.1) is 0 Å². The normalized spacial score (nSPS) is 23.4. The van der Waals surface area contributed by atoms with Gasteiger partial charge in [-0.3, -0.25) is 4.79 Å². The van der Waals surface area contributed by atoms with Crippen molar-refractivity contribution in [1.29, 1.82) is 0 Å². The summed E-state index contributed by atoms with van der Waals surface area (Å²) in [5.41, 5.74) is 1.68. The van der Waals surface area contributed by atoms with Crippen LogP contribution in [0.4, 0.5) is 0 Å². The Morgan fingerprint density at radius 3 is 2.89 bits per heavy atom. The highest BCUT2D eigenvalue weighted by molar-refractivity contribution is 5.98. The van der Waals surface area contributed by atoms with Gasteiger partial charge >= 0.3 is 0 Å². The Labute approximate surface area is 107 Å². The zero-order valence-electron chi connectivity index (χ0n) is 10.6. The molecule has 1 aromatic heterocycles. The van der Waals surface area contributed by atoms with Gasteiger partial charge in [0, 0.05) is 16.9 Å². The molecule has 2 N–H and O–H groups in total. The second-order valence-corrected chi connectivity index (χ2v) is 5.26. The summed E-state index contributed by atoms with van der Waals surface area (Å²) in [5.74, 6) is 0.614. The minimum atomic E-state index is 0.0185. The van der Waals surface area contributed by atoms with Crippen LogP contribution in [0.1, 0.15) is 36.7 Å². The Morgan fingerprint density at radius 2 is 2.17 bits per heavy atom. The van der Waals surface area contributed by atoms with Crippen molar-refractivity contribution in [3.63, 3.8) is 0 Å². The molecule has 3 nitrogen and oxygen atoms in total. The van der Waals surface area contributed by atoms with Crippen molar-refractivity contribution < 1.29 is 4.79 Å². The Hall–Kier alpha value is -1.77. The summed E-state index contributed by atoms with van der Waals surface area (Å²) in [4.78, 5) is 15.3. The minimum Gasteiger partial charge on any atom is -0.351 e. The lowest BCUT2D eigenvalue weighted by Crippen LogP contribution is -2.36. The molecule has 18 heavy (non-hydrogen) atoms. The van der Waals surface area contributed by atoms with Crippen LogP contribution in [-0.4, -0.2) is 16.9 Å². The molecule has 1 saturated carbocycles. The molecule has 94 valence electrons. The lowest BCUT2D eigenvalue weighted by Gasteiger charge is -2.16. The van der Waals surface area contributed by atoms with E-state index in [1.165, 1.54) is 12.8 Å². The first kappa shape index (κ1) is 11.3. The molecule has 0 bridgehead atoms. The monoisotopic (exact) mass is 242 g/mol. The number of aromatic nitrogens is 1. The number of carbonyl (C=O) groups excluding carboxylic acids is 1. The van der Waals surface area contributed by atoms with Gasteiger partial charge in [-0.05, 0) is 30.9 Å². The molecular weight excluding hydrogens is 224 g/mol. The van der Waals surface area contributed by atoms with Crippen molar-refractivity contribution in [3.8, 4) is 0 Å². The second-order valence-electron chi connectivity index (χ2n) is 5.26. The lowest BCUT2D eigenvalue weighted by atomic mass is 10.1. The maximum absolute atomic E-state index is 12.2. The van der Waals surface area contributed by atoms with Gasteiger partial charge in [-0.25, -0.2) is 0 Å². The molecule has 1 aliphatic carbocycles. The molecule has 0 aliphatic heterocycles. The fourth-order valence-corrected chi connectivity index (χ4v) is 2.80. The quantitative estimate of drug-likeness (QED) is 0.835. The van der Waals surface area contributed by atoms with Crippen molar-refractivity contribution in [2.75, 3.05) is 0 Å². The van der Waals surface area contributed by atoms with E-state index in [4.69, 9.17) is 0 Å². The number of H-pyrrole nitrogens is 1. The topological polar surface area (TPSA) is 44.9 Å². The van der Waals surface area contributed by atoms with Crippen molar-refractivity contribution >= 4 is 16.8 Å². The fraction of sp³-hybridized carbons (Fsp3) is 0.400. The van der Waals surface area contributed by atoms with Crippen LogP contribution < -0.4 is 5.32 Å². The summed E-state index contributed by atoms with van der Waals surface area (Å²) in [7, 11) is 0. The third-order valence-corrected chi connectivity index (χ3v) is 3.95. The van der Waals surface area contributed by atoms with Crippen LogP contribution in [0.5, 0.6) is 0 Å². The standard InChI is InChI=1S/C15H18N2O/c1-10-5-4-8-12(10)17-15(18)14-9-11-6-2-3-7-13(11)16-14/h2-3,6-7,9-10,12,16H,4-5,8H2,1H3,(H,17,18). The van der Waals surface area contributed by atoms with Gasteiger partial charge < -0.3 is 10.3 Å². The van der Waals surface area contributed by atoms with E-state index >= 15 is 0 Å². The van der Waals surface area contributed by atoms with Gasteiger partial charge in [-0.2, -0.15) is 0 Å². The minimum absolute atomic E-state index is 0.0185. The van der Waals surface area contributed by atoms with Crippen molar-refractivity contribution in [1.82, 2.24) is 10.3 Å². The lowest BCUT2D eigenvalue weighted by molar-refractivity contribution is 0.0925. The first-order chi connectivity index (χ1) is 8.74. The number of para-hydroxylation sites is 1. The highest BCUT2D eigenvalue weighted by Crippen LogP contribution is 2.25. The molecule has 1 amide bonds. The van der Waals surface area contributed by atoms with E-state index in [2.05, 4.69) is 17.2 Å². The van der Waals surface area contributed by atoms with Gasteiger partial charge in [0.25, 0.3) is 5.91 Å². The Bertz CT molecular complexity index is 540. The Balaban J connectivity index is 1.79. The molecule has 0 spiro atoms. The molecular formula is C15H18N2O. The number of aromatic amines is 1. The number of hydrogen-bond acceptors (Lipinski definition) is 1. The first-order valence-corrected chi connectivity index (χ1v) is 6.62. The number of nitrogens with one attached hydrogen (secondary N) is 2. The van der Waals surface area contributed by atoms with Crippen LogP contribution >= 0.6 is 0 Å². The average molecular weight is 242 g/mol. The smallest absolute Gasteiger partial charge is 0.267 e. The third kappa shape index (κ3) is 2.01. The SMILES string of the molecule is CC1CCCC1NC(=O)c1cc2ccccc2[nH]1. The molecule has 1 aliphatic rings. The maximum Gasteiger partial charge on any atom is 0.267 e. The van der Waals surface area contributed by atoms with Gasteiger partial charge in [-0.1, -0.05) is 31.5 Å². The van der Waals surface area contributed by atoms with E-state index in [1.54, 1.807) is 0 Å². The van der Waals surface area contributed by atoms with Crippen LogP contribution in [-0.2, 0) is 0 Å². The predicted octanol–water partition coefficient (Wildman–Crippen LogP) is 3.09. The summed E-state index contributed by atoms with van der Waals surface area (Å²) in [6.07, 6.45) is 3.55. The number of amides is 1. The zero-order valence-corrected chi connectivity index (χ0v) is 10.6. The van der Waals surface area contributed by atoms with Crippen molar-refractivity contribution in [2.24, 2.45) is 5.92 Å². The van der Waals surface area contributed by atoms with E-state index in [9.17, 15) is 4.79 Å². The average Bonchev–Trinajstić information content (AvgIpc) is 2.96. The highest BCUT2D eigenvalue weighted by atomic mass is 16.1. The van der Waals surface area contributed by atoms with Crippen LogP contribution in [0.25, 0.3) is 10.9 Å². The second kappa shape index (κ2) is 4.48. The summed E-state index contributed by atoms with van der Waals surface area (Å²) < 4.78 is 0. The van der Waals surface area contributed by atoms with Gasteiger partial charge in [0.2, 0.25) is 0 Å². The van der Waals surface area contributed by atoms with E-state index in [1.807, 2.05) is 30.3 Å². The van der Waals surface area contributed by atoms with E-state index < -0.39 is 0 Å². The predicted molar refractivity (Wildman–Crippen MR) is 72.6 cm³/mol. The Kier molecular flexibility index (Phi) is 2.82. The molecule has 2 aromatic rings. The van der Waals surface area contributed by atoms with Crippen LogP contribution in [0.2, 0.25) is 0 Å². The van der Waals surface area contributed by atoms with Gasteiger partial charge in [0.1, 0.15) is 5.69 Å². The van der Waals surface area contributed by atoms with Crippen LogP contribution in [0.3, 0.4) is 0 Å². The summed E-state index contributed by atoms with van der Waals surface area (Å²) in [6, 6.07) is 10.2. The fourth-order valence-electron chi connectivity index (χ4n) is 2.80. The number of rotatable bonds is 2. The number of hydrogen-bond donors (Lipinski definition) is 2. The zero-order chi connectivity index (χ0) is 12.5. The largest absolute Gasteiger partial charge is 0.351 e. The summed E-state index contributed by atoms with van der Waals surface area (Å²) in [6.45, 7) is 2.21. The number of benzene rings is 1. The molecule has 1 heterocycles. The third-order valence-electron chi connectivity index (χ3n) is 3.95. The van der Waals surface area contributed by atoms with E-state index in [0.29, 0.717) is 17.7 Å². The van der Waals surface area contributed by atoms with Gasteiger partial charge in [0.05, 0.1) is 0 Å². The molecule has 0 radical (unpaired) electrons. The van der Waals surface area contributed by atoms with E-state index in [0.717, 1.165) is 17.3 Å². The van der Waals surface area contributed by atoms with Crippen molar-refractivity contribution in [3.05, 3.63) is 36.0 Å². The molecule has 3 heteroatoms. The summed E-state index contributed by atoms with van der Waals surface area (Å²) >= 11 is 0. The summed E-state index contributed by atoms with van der Waals surface area (Å²) in [5, 5.41) is 4.22. The highest BCUT2D eigenvalue weighted by Gasteiger charge is 2.25. The Morgan fingerprint density at radius 1 is 1.33 bits per heavy atom. The van der Waals surface area contributed by atoms with Crippen molar-refractivity contribution in [2.45, 2.75) is 32.2 Å². The van der Waals surface area contributed by atoms with Gasteiger partial charge in [0.15, 0.2) is 0 Å². The first-order valence-electron chi connectivity index (χ1n) is 6.62. The molecule has 2 unspecified atom stereocenters. The molecule has 1 fully saturated rings. The number of fused-ring (bicyclic) bond motifs is 1. The molecule has 1 aromatic carbocycles. The molecule has 2 atom stereocenters. The van der Waals surface area contributed by atoms with E-state index in [-0.39, 0.29) is 5.91 Å². The van der Waals surface area contributed by atoms with Crippen LogP contribution in [0, 0.1) is 5.92 Å². The van der Waals surface area contributed by atoms with Crippen LogP contribution in [0.15, 0.2) is 30.3 Å². The number of carbonyl (C=O) groups is 1. The maximum atomic E-state index is 12.2. The molecule has 3 rings (SSSR count). The molecule has 0 saturated heterocycles.